The molecule has 1 aromatic rings. The van der Waals surface area contributed by atoms with Gasteiger partial charge in [0.25, 0.3) is 5.91 Å². The largest absolute Gasteiger partial charge is 0.350 e. The van der Waals surface area contributed by atoms with E-state index in [2.05, 4.69) is 15.8 Å². The van der Waals surface area contributed by atoms with E-state index in [1.807, 2.05) is 6.92 Å². The zero-order valence-corrected chi connectivity index (χ0v) is 10.1. The molecular formula is C12H13BN4O. The summed E-state index contributed by atoms with van der Waals surface area (Å²) < 4.78 is 0. The Balaban J connectivity index is 2.72. The standard InChI is InChI=1S/C12H13BN4O/c1-2-7-15-12(18)11(8-14)17-16-10-6-4-3-5-9(10)13/h3-6,16H,2,7H2,1H3,(H,15,18)/b17-11+. The number of hydrazone groups is 1. The van der Waals surface area contributed by atoms with Gasteiger partial charge < -0.3 is 5.32 Å². The molecule has 1 aromatic carbocycles. The summed E-state index contributed by atoms with van der Waals surface area (Å²) >= 11 is 0. The molecule has 2 radical (unpaired) electrons. The van der Waals surface area contributed by atoms with E-state index in [0.717, 1.165) is 6.42 Å². The van der Waals surface area contributed by atoms with Crippen molar-refractivity contribution in [2.75, 3.05) is 12.0 Å². The molecular weight excluding hydrogens is 227 g/mol. The van der Waals surface area contributed by atoms with Crippen LogP contribution in [0.4, 0.5) is 5.69 Å². The van der Waals surface area contributed by atoms with Crippen LogP contribution in [0.2, 0.25) is 0 Å². The van der Waals surface area contributed by atoms with E-state index in [1.165, 1.54) is 0 Å². The van der Waals surface area contributed by atoms with Crippen molar-refractivity contribution < 1.29 is 4.79 Å². The van der Waals surface area contributed by atoms with E-state index in [0.29, 0.717) is 17.7 Å². The molecule has 0 aliphatic rings. The second-order valence-corrected chi connectivity index (χ2v) is 3.53. The van der Waals surface area contributed by atoms with Gasteiger partial charge in [0.05, 0.1) is 0 Å². The highest BCUT2D eigenvalue weighted by Gasteiger charge is 2.09. The van der Waals surface area contributed by atoms with E-state index in [-0.39, 0.29) is 5.71 Å². The van der Waals surface area contributed by atoms with Crippen molar-refractivity contribution >= 4 is 30.6 Å². The quantitative estimate of drug-likeness (QED) is 0.441. The number of carbonyl (C=O) groups is 1. The minimum atomic E-state index is -0.499. The first kappa shape index (κ1) is 13.8. The van der Waals surface area contributed by atoms with Crippen molar-refractivity contribution in [3.05, 3.63) is 24.3 Å². The first-order valence-electron chi connectivity index (χ1n) is 5.55. The second-order valence-electron chi connectivity index (χ2n) is 3.53. The number of nitrogens with zero attached hydrogens (tertiary/aromatic N) is 2. The van der Waals surface area contributed by atoms with Crippen LogP contribution in [-0.2, 0) is 4.79 Å². The first-order chi connectivity index (χ1) is 8.69. The van der Waals surface area contributed by atoms with Crippen molar-refractivity contribution in [3.8, 4) is 6.07 Å². The smallest absolute Gasteiger partial charge is 0.282 e. The summed E-state index contributed by atoms with van der Waals surface area (Å²) in [5.41, 5.74) is 3.41. The predicted octanol–water partition coefficient (Wildman–Crippen LogP) is 0.298. The van der Waals surface area contributed by atoms with Crippen LogP contribution >= 0.6 is 0 Å². The average Bonchev–Trinajstić information content (AvgIpc) is 2.39. The molecule has 0 bridgehead atoms. The molecule has 0 atom stereocenters. The third kappa shape index (κ3) is 3.94. The molecule has 0 aliphatic carbocycles. The Morgan fingerprint density at radius 3 is 2.83 bits per heavy atom. The van der Waals surface area contributed by atoms with Crippen LogP contribution in [0.3, 0.4) is 0 Å². The van der Waals surface area contributed by atoms with Gasteiger partial charge >= 0.3 is 0 Å². The number of hydrogen-bond acceptors (Lipinski definition) is 4. The van der Waals surface area contributed by atoms with Gasteiger partial charge in [0, 0.05) is 12.2 Å². The van der Waals surface area contributed by atoms with Crippen molar-refractivity contribution in [2.24, 2.45) is 5.10 Å². The lowest BCUT2D eigenvalue weighted by Crippen LogP contribution is -2.31. The van der Waals surface area contributed by atoms with Gasteiger partial charge in [0.2, 0.25) is 5.71 Å². The summed E-state index contributed by atoms with van der Waals surface area (Å²) in [5, 5.41) is 15.1. The maximum atomic E-state index is 11.5. The third-order valence-corrected chi connectivity index (χ3v) is 2.11. The van der Waals surface area contributed by atoms with Gasteiger partial charge in [-0.3, -0.25) is 10.2 Å². The Morgan fingerprint density at radius 1 is 1.50 bits per heavy atom. The molecule has 2 N–H and O–H groups in total. The number of rotatable bonds is 5. The molecule has 1 rings (SSSR count). The van der Waals surface area contributed by atoms with E-state index < -0.39 is 5.91 Å². The maximum Gasteiger partial charge on any atom is 0.282 e. The molecule has 0 aromatic heterocycles. The molecule has 0 unspecified atom stereocenters. The fourth-order valence-electron chi connectivity index (χ4n) is 1.16. The molecule has 0 fully saturated rings. The third-order valence-electron chi connectivity index (χ3n) is 2.11. The van der Waals surface area contributed by atoms with E-state index in [1.54, 1.807) is 30.3 Å². The fraction of sp³-hybridized carbons (Fsp3) is 0.250. The highest BCUT2D eigenvalue weighted by Crippen LogP contribution is 2.01. The molecule has 1 amide bonds. The number of hydrogen-bond donors (Lipinski definition) is 2. The van der Waals surface area contributed by atoms with Crippen LogP contribution < -0.4 is 16.2 Å². The van der Waals surface area contributed by atoms with Crippen LogP contribution in [0.15, 0.2) is 29.4 Å². The monoisotopic (exact) mass is 240 g/mol. The maximum absolute atomic E-state index is 11.5. The van der Waals surface area contributed by atoms with Crippen molar-refractivity contribution in [1.29, 1.82) is 5.26 Å². The second kappa shape index (κ2) is 7.12. The Hall–Kier alpha value is -2.29. The predicted molar refractivity (Wildman–Crippen MR) is 71.8 cm³/mol. The molecule has 0 saturated heterocycles. The Bertz CT molecular complexity index is 493. The molecule has 6 heteroatoms. The van der Waals surface area contributed by atoms with Crippen molar-refractivity contribution in [2.45, 2.75) is 13.3 Å². The zero-order chi connectivity index (χ0) is 13.4. The summed E-state index contributed by atoms with van der Waals surface area (Å²) in [5.74, 6) is -0.499. The van der Waals surface area contributed by atoms with E-state index in [9.17, 15) is 4.79 Å². The van der Waals surface area contributed by atoms with Crippen LogP contribution in [0.1, 0.15) is 13.3 Å². The number of anilines is 1. The Kier molecular flexibility index (Phi) is 5.45. The van der Waals surface area contributed by atoms with Gasteiger partial charge in [0.15, 0.2) is 0 Å². The Labute approximate surface area is 107 Å². The van der Waals surface area contributed by atoms with Crippen LogP contribution in [0, 0.1) is 11.3 Å². The van der Waals surface area contributed by atoms with Gasteiger partial charge in [-0.05, 0) is 12.5 Å². The minimum Gasteiger partial charge on any atom is -0.350 e. The number of amides is 1. The summed E-state index contributed by atoms with van der Waals surface area (Å²) in [7, 11) is 5.69. The lowest BCUT2D eigenvalue weighted by molar-refractivity contribution is -0.114. The van der Waals surface area contributed by atoms with Gasteiger partial charge in [-0.15, -0.1) is 0 Å². The lowest BCUT2D eigenvalue weighted by Gasteiger charge is -2.05. The summed E-state index contributed by atoms with van der Waals surface area (Å²) in [6.07, 6.45) is 0.795. The summed E-state index contributed by atoms with van der Waals surface area (Å²) in [4.78, 5) is 11.5. The summed E-state index contributed by atoms with van der Waals surface area (Å²) in [6, 6.07) is 8.69. The zero-order valence-electron chi connectivity index (χ0n) is 10.1. The van der Waals surface area contributed by atoms with Crippen molar-refractivity contribution in [1.82, 2.24) is 5.32 Å². The van der Waals surface area contributed by atoms with Crippen LogP contribution in [0.25, 0.3) is 0 Å². The van der Waals surface area contributed by atoms with E-state index in [4.69, 9.17) is 13.1 Å². The van der Waals surface area contributed by atoms with Gasteiger partial charge in [-0.2, -0.15) is 10.4 Å². The van der Waals surface area contributed by atoms with Gasteiger partial charge in [-0.25, -0.2) is 0 Å². The SMILES string of the molecule is [B]c1ccccc1N/N=C(\C#N)C(=O)NCCC. The van der Waals surface area contributed by atoms with Crippen LogP contribution in [-0.4, -0.2) is 26.0 Å². The first-order valence-corrected chi connectivity index (χ1v) is 5.55. The number of benzene rings is 1. The van der Waals surface area contributed by atoms with Crippen molar-refractivity contribution in [3.63, 3.8) is 0 Å². The number of carbonyl (C=O) groups excluding carboxylic acids is 1. The highest BCUT2D eigenvalue weighted by atomic mass is 16.1. The molecule has 0 saturated carbocycles. The van der Waals surface area contributed by atoms with Crippen LogP contribution in [0.5, 0.6) is 0 Å². The van der Waals surface area contributed by atoms with Gasteiger partial charge in [0.1, 0.15) is 13.9 Å². The number of nitrogens with one attached hydrogen (secondary N) is 2. The average molecular weight is 240 g/mol. The Morgan fingerprint density at radius 2 is 2.22 bits per heavy atom. The normalized spacial score (nSPS) is 10.6. The highest BCUT2D eigenvalue weighted by molar-refractivity contribution is 6.45. The molecule has 0 heterocycles. The minimum absolute atomic E-state index is 0.230. The number of nitriles is 1. The van der Waals surface area contributed by atoms with Gasteiger partial charge in [-0.1, -0.05) is 30.6 Å². The molecule has 0 aliphatic heterocycles. The molecule has 18 heavy (non-hydrogen) atoms. The summed E-state index contributed by atoms with van der Waals surface area (Å²) in [6.45, 7) is 2.43. The lowest BCUT2D eigenvalue weighted by atomic mass is 9.94. The molecule has 90 valence electrons. The molecule has 5 nitrogen and oxygen atoms in total. The fourth-order valence-corrected chi connectivity index (χ4v) is 1.16. The number of para-hydroxylation sites is 1. The topological polar surface area (TPSA) is 77.3 Å². The molecule has 0 spiro atoms. The van der Waals surface area contributed by atoms with E-state index >= 15 is 0 Å².